The van der Waals surface area contributed by atoms with E-state index in [-0.39, 0.29) is 23.6 Å². The fraction of sp³-hybridized carbons (Fsp3) is 0.292. The molecule has 0 radical (unpaired) electrons. The maximum atomic E-state index is 13.7. The third-order valence-electron chi connectivity index (χ3n) is 5.31. The van der Waals surface area contributed by atoms with E-state index in [1.807, 2.05) is 45.0 Å². The van der Waals surface area contributed by atoms with Gasteiger partial charge in [-0.25, -0.2) is 9.18 Å². The van der Waals surface area contributed by atoms with Crippen molar-refractivity contribution in [3.63, 3.8) is 0 Å². The van der Waals surface area contributed by atoms with Crippen molar-refractivity contribution in [2.45, 2.75) is 33.2 Å². The number of hydrogen-bond acceptors (Lipinski definition) is 5. The minimum Gasteiger partial charge on any atom is -0.494 e. The topological polar surface area (TPSA) is 80.5 Å². The van der Waals surface area contributed by atoms with Gasteiger partial charge in [0, 0.05) is 17.8 Å². The van der Waals surface area contributed by atoms with E-state index in [1.165, 1.54) is 12.1 Å². The lowest BCUT2D eigenvalue weighted by molar-refractivity contribution is 0.205. The Hall–Kier alpha value is -3.68. The number of benzene rings is 2. The summed E-state index contributed by atoms with van der Waals surface area (Å²) in [6, 6.07) is 12.9. The van der Waals surface area contributed by atoms with E-state index in [4.69, 9.17) is 9.26 Å². The summed E-state index contributed by atoms with van der Waals surface area (Å²) in [5, 5.41) is 7.11. The van der Waals surface area contributed by atoms with Crippen LogP contribution in [0.4, 0.5) is 9.18 Å². The van der Waals surface area contributed by atoms with Crippen molar-refractivity contribution < 1.29 is 18.4 Å². The minimum absolute atomic E-state index is 0.183. The second-order valence-corrected chi connectivity index (χ2v) is 7.47. The molecule has 0 spiro atoms. The van der Waals surface area contributed by atoms with Crippen LogP contribution < -0.4 is 10.1 Å². The summed E-state index contributed by atoms with van der Waals surface area (Å²) in [7, 11) is 0. The number of carbonyl (C=O) groups is 1. The monoisotopic (exact) mass is 436 g/mol. The summed E-state index contributed by atoms with van der Waals surface area (Å²) in [5.74, 6) is 0.931. The lowest BCUT2D eigenvalue weighted by Gasteiger charge is -2.35. The van der Waals surface area contributed by atoms with E-state index >= 15 is 0 Å². The average molecular weight is 436 g/mol. The number of nitrogens with one attached hydrogen (secondary N) is 1. The summed E-state index contributed by atoms with van der Waals surface area (Å²) >= 11 is 0. The smallest absolute Gasteiger partial charge is 0.322 e. The zero-order chi connectivity index (χ0) is 22.7. The third-order valence-corrected chi connectivity index (χ3v) is 5.31. The molecule has 0 bridgehead atoms. The van der Waals surface area contributed by atoms with Crippen LogP contribution in [-0.4, -0.2) is 34.2 Å². The molecule has 0 fully saturated rings. The lowest BCUT2D eigenvalue weighted by atomic mass is 9.94. The van der Waals surface area contributed by atoms with Gasteiger partial charge in [-0.15, -0.1) is 0 Å². The predicted molar refractivity (Wildman–Crippen MR) is 118 cm³/mol. The normalized spacial score (nSPS) is 16.3. The van der Waals surface area contributed by atoms with Crippen molar-refractivity contribution in [3.8, 4) is 17.1 Å². The molecule has 2 heterocycles. The van der Waals surface area contributed by atoms with Crippen LogP contribution in [0.1, 0.15) is 44.7 Å². The van der Waals surface area contributed by atoms with Crippen LogP contribution in [0.15, 0.2) is 58.8 Å². The SMILES string of the molecule is CCCN1C(=O)NC(c2ccc(OCC)cc2)C(c2nc(-c3cccc(F)c3)no2)=C1C. The van der Waals surface area contributed by atoms with Crippen molar-refractivity contribution in [3.05, 3.63) is 71.5 Å². The molecule has 1 aliphatic rings. The molecule has 1 N–H and O–H groups in total. The molecule has 7 nitrogen and oxygen atoms in total. The predicted octanol–water partition coefficient (Wildman–Crippen LogP) is 5.18. The second kappa shape index (κ2) is 9.21. The average Bonchev–Trinajstić information content (AvgIpc) is 3.27. The molecule has 2 amide bonds. The van der Waals surface area contributed by atoms with Gasteiger partial charge in [0.05, 0.1) is 18.2 Å². The van der Waals surface area contributed by atoms with Crippen molar-refractivity contribution in [1.82, 2.24) is 20.4 Å². The summed E-state index contributed by atoms with van der Waals surface area (Å²) in [6.45, 7) is 6.93. The van der Waals surface area contributed by atoms with Gasteiger partial charge in [0.1, 0.15) is 11.6 Å². The van der Waals surface area contributed by atoms with Crippen LogP contribution >= 0.6 is 0 Å². The highest BCUT2D eigenvalue weighted by Gasteiger charge is 2.35. The zero-order valence-electron chi connectivity index (χ0n) is 18.3. The number of nitrogens with zero attached hydrogens (tertiary/aromatic N) is 3. The summed E-state index contributed by atoms with van der Waals surface area (Å²) < 4.78 is 24.8. The highest BCUT2D eigenvalue weighted by atomic mass is 19.1. The van der Waals surface area contributed by atoms with Crippen LogP contribution in [-0.2, 0) is 0 Å². The van der Waals surface area contributed by atoms with Crippen LogP contribution in [0.25, 0.3) is 17.0 Å². The molecule has 4 rings (SSSR count). The number of rotatable bonds is 7. The molecule has 32 heavy (non-hydrogen) atoms. The van der Waals surface area contributed by atoms with Crippen molar-refractivity contribution in [1.29, 1.82) is 0 Å². The first-order valence-electron chi connectivity index (χ1n) is 10.6. The van der Waals surface area contributed by atoms with Crippen LogP contribution in [0.2, 0.25) is 0 Å². The Morgan fingerprint density at radius 3 is 2.66 bits per heavy atom. The Morgan fingerprint density at radius 2 is 1.97 bits per heavy atom. The molecular formula is C24H25FN4O3. The first-order chi connectivity index (χ1) is 15.5. The molecule has 166 valence electrons. The number of amides is 2. The van der Waals surface area contributed by atoms with E-state index in [0.29, 0.717) is 24.3 Å². The Morgan fingerprint density at radius 1 is 1.19 bits per heavy atom. The number of ether oxygens (including phenoxy) is 1. The van der Waals surface area contributed by atoms with Crippen LogP contribution in [0.3, 0.4) is 0 Å². The van der Waals surface area contributed by atoms with E-state index in [9.17, 15) is 9.18 Å². The molecule has 1 aromatic heterocycles. The van der Waals surface area contributed by atoms with Crippen LogP contribution in [0, 0.1) is 5.82 Å². The summed E-state index contributed by atoms with van der Waals surface area (Å²) in [4.78, 5) is 19.0. The van der Waals surface area contributed by atoms with E-state index < -0.39 is 6.04 Å². The van der Waals surface area contributed by atoms with Gasteiger partial charge in [-0.3, -0.25) is 4.90 Å². The Kier molecular flexibility index (Phi) is 6.20. The van der Waals surface area contributed by atoms with E-state index in [0.717, 1.165) is 23.4 Å². The van der Waals surface area contributed by atoms with Gasteiger partial charge in [-0.1, -0.05) is 36.3 Å². The van der Waals surface area contributed by atoms with E-state index in [1.54, 1.807) is 17.0 Å². The molecule has 0 aliphatic carbocycles. The molecular weight excluding hydrogens is 411 g/mol. The second-order valence-electron chi connectivity index (χ2n) is 7.47. The molecule has 3 aromatic rings. The van der Waals surface area contributed by atoms with Gasteiger partial charge in [0.15, 0.2) is 0 Å². The maximum Gasteiger partial charge on any atom is 0.322 e. The van der Waals surface area contributed by atoms with Gasteiger partial charge in [-0.05, 0) is 50.1 Å². The standard InChI is InChI=1S/C24H25FN4O3/c1-4-13-29-15(3)20(23-27-22(28-32-23)17-7-6-8-18(25)14-17)21(26-24(29)30)16-9-11-19(12-10-16)31-5-2/h6-12,14,21H,4-5,13H2,1-3H3,(H,26,30). The molecule has 1 unspecified atom stereocenters. The van der Waals surface area contributed by atoms with Gasteiger partial charge in [-0.2, -0.15) is 4.98 Å². The highest BCUT2D eigenvalue weighted by molar-refractivity contribution is 5.86. The number of aromatic nitrogens is 2. The summed E-state index contributed by atoms with van der Waals surface area (Å²) in [5.41, 5.74) is 2.82. The van der Waals surface area contributed by atoms with Crippen LogP contribution in [0.5, 0.6) is 5.75 Å². The quantitative estimate of drug-likeness (QED) is 0.552. The minimum atomic E-state index is -0.480. The van der Waals surface area contributed by atoms with Gasteiger partial charge in [0.2, 0.25) is 5.82 Å². The van der Waals surface area contributed by atoms with Gasteiger partial charge < -0.3 is 14.6 Å². The summed E-state index contributed by atoms with van der Waals surface area (Å²) in [6.07, 6.45) is 0.796. The fourth-order valence-electron chi connectivity index (χ4n) is 3.80. The Labute approximate surface area is 185 Å². The molecule has 2 aromatic carbocycles. The van der Waals surface area contributed by atoms with E-state index in [2.05, 4.69) is 15.5 Å². The number of urea groups is 1. The number of hydrogen-bond donors (Lipinski definition) is 1. The zero-order valence-corrected chi connectivity index (χ0v) is 18.3. The van der Waals surface area contributed by atoms with Gasteiger partial charge in [0.25, 0.3) is 5.89 Å². The highest BCUT2D eigenvalue weighted by Crippen LogP contribution is 2.37. The van der Waals surface area contributed by atoms with Gasteiger partial charge >= 0.3 is 6.03 Å². The fourth-order valence-corrected chi connectivity index (χ4v) is 3.80. The molecule has 1 atom stereocenters. The number of carbonyl (C=O) groups excluding carboxylic acids is 1. The maximum absolute atomic E-state index is 13.7. The largest absolute Gasteiger partial charge is 0.494 e. The lowest BCUT2D eigenvalue weighted by Crippen LogP contribution is -2.46. The first-order valence-corrected chi connectivity index (χ1v) is 10.6. The van der Waals surface area contributed by atoms with Crippen molar-refractivity contribution in [2.24, 2.45) is 0 Å². The molecule has 8 heteroatoms. The molecule has 0 saturated heterocycles. The number of halogens is 1. The molecule has 1 aliphatic heterocycles. The molecule has 0 saturated carbocycles. The van der Waals surface area contributed by atoms with Crippen molar-refractivity contribution in [2.75, 3.05) is 13.2 Å². The third kappa shape index (κ3) is 4.21. The van der Waals surface area contributed by atoms with Crippen molar-refractivity contribution >= 4 is 11.6 Å². The Bertz CT molecular complexity index is 1140. The number of allylic oxidation sites excluding steroid dienone is 1. The first kappa shape index (κ1) is 21.5. The Balaban J connectivity index is 1.77.